The molecule has 0 saturated carbocycles. The molecule has 0 aliphatic carbocycles. The highest BCUT2D eigenvalue weighted by molar-refractivity contribution is 7.47. The molecule has 0 N–H and O–H groups in total. The molecule has 0 aromatic carbocycles. The normalized spacial score (nSPS) is 30.0. The zero-order chi connectivity index (χ0) is 12.8. The van der Waals surface area contributed by atoms with Gasteiger partial charge in [0.2, 0.25) is 0 Å². The average molecular weight is 283 g/mol. The summed E-state index contributed by atoms with van der Waals surface area (Å²) in [5.41, 5.74) is 0.557. The highest BCUT2D eigenvalue weighted by Gasteiger charge is 2.56. The van der Waals surface area contributed by atoms with Gasteiger partial charge in [0.05, 0.1) is 11.7 Å². The van der Waals surface area contributed by atoms with E-state index in [9.17, 15) is 0 Å². The topological polar surface area (TPSA) is 9.23 Å². The second-order valence-electron chi connectivity index (χ2n) is 7.11. The highest BCUT2D eigenvalue weighted by Crippen LogP contribution is 2.55. The molecule has 1 aliphatic rings. The Bertz CT molecular complexity index is 253. The minimum Gasteiger partial charge on any atom is -0.373 e. The first-order chi connectivity index (χ1) is 6.91. The summed E-state index contributed by atoms with van der Waals surface area (Å²) in [5, 5.41) is 0. The Labute approximate surface area is 110 Å². The zero-order valence-electron chi connectivity index (χ0n) is 11.2. The second-order valence-corrected chi connectivity index (χ2v) is 14.4. The highest BCUT2D eigenvalue weighted by atomic mass is 35.7. The Morgan fingerprint density at radius 1 is 1.12 bits per heavy atom. The Kier molecular flexibility index (Phi) is 4.12. The van der Waals surface area contributed by atoms with Gasteiger partial charge in [0.25, 0.3) is 6.69 Å². The molecule has 96 valence electrons. The van der Waals surface area contributed by atoms with Gasteiger partial charge < -0.3 is 4.74 Å². The average Bonchev–Trinajstić information content (AvgIpc) is 1.95. The molecule has 1 saturated heterocycles. The van der Waals surface area contributed by atoms with Crippen molar-refractivity contribution in [3.63, 3.8) is 0 Å². The van der Waals surface area contributed by atoms with Crippen molar-refractivity contribution in [2.75, 3.05) is 0 Å². The predicted octanol–water partition coefficient (Wildman–Crippen LogP) is 4.91. The van der Waals surface area contributed by atoms with Crippen molar-refractivity contribution < 1.29 is 4.74 Å². The molecule has 0 spiro atoms. The van der Waals surface area contributed by atoms with Gasteiger partial charge in [0.15, 0.2) is 0 Å². The smallest absolute Gasteiger partial charge is 0.259 e. The molecule has 1 aliphatic heterocycles. The third-order valence-electron chi connectivity index (χ3n) is 2.80. The lowest BCUT2D eigenvalue weighted by molar-refractivity contribution is -0.0678. The van der Waals surface area contributed by atoms with Crippen LogP contribution < -0.4 is 0 Å². The summed E-state index contributed by atoms with van der Waals surface area (Å²) in [6.07, 6.45) is 1.33. The Balaban J connectivity index is 2.62. The molecule has 2 atom stereocenters. The molecular formula is C12H24Cl2OSi. The number of rotatable bonds is 2. The van der Waals surface area contributed by atoms with Crippen molar-refractivity contribution >= 4 is 28.9 Å². The van der Waals surface area contributed by atoms with Gasteiger partial charge in [-0.3, -0.25) is 0 Å². The van der Waals surface area contributed by atoms with E-state index >= 15 is 0 Å². The van der Waals surface area contributed by atoms with Crippen LogP contribution in [-0.2, 0) is 4.74 Å². The van der Waals surface area contributed by atoms with E-state index in [1.54, 1.807) is 0 Å². The van der Waals surface area contributed by atoms with Crippen LogP contribution in [0.4, 0.5) is 0 Å². The van der Waals surface area contributed by atoms with Gasteiger partial charge in [-0.05, 0) is 38.7 Å². The summed E-state index contributed by atoms with van der Waals surface area (Å²) in [4.78, 5) is 0. The van der Waals surface area contributed by atoms with Gasteiger partial charge in [-0.1, -0.05) is 20.8 Å². The van der Waals surface area contributed by atoms with Gasteiger partial charge in [-0.15, -0.1) is 22.2 Å². The van der Waals surface area contributed by atoms with E-state index in [0.717, 1.165) is 12.5 Å². The molecule has 4 heteroatoms. The van der Waals surface area contributed by atoms with Crippen molar-refractivity contribution in [1.29, 1.82) is 0 Å². The van der Waals surface area contributed by atoms with E-state index in [0.29, 0.717) is 5.54 Å². The first kappa shape index (κ1) is 14.8. The summed E-state index contributed by atoms with van der Waals surface area (Å²) >= 11 is 12.8. The summed E-state index contributed by atoms with van der Waals surface area (Å²) in [7, 11) is 0. The van der Waals surface area contributed by atoms with Crippen molar-refractivity contribution in [3.8, 4) is 0 Å². The molecule has 16 heavy (non-hydrogen) atoms. The van der Waals surface area contributed by atoms with Crippen LogP contribution in [-0.4, -0.2) is 18.4 Å². The third kappa shape index (κ3) is 4.21. The Hall–Kier alpha value is 0.757. The first-order valence-electron chi connectivity index (χ1n) is 5.96. The van der Waals surface area contributed by atoms with Crippen LogP contribution in [0.5, 0.6) is 0 Å². The molecular weight excluding hydrogens is 259 g/mol. The van der Waals surface area contributed by atoms with Crippen LogP contribution in [0.3, 0.4) is 0 Å². The Morgan fingerprint density at radius 2 is 1.62 bits per heavy atom. The van der Waals surface area contributed by atoms with Crippen molar-refractivity contribution in [1.82, 2.24) is 0 Å². The predicted molar refractivity (Wildman–Crippen MR) is 74.7 cm³/mol. The van der Waals surface area contributed by atoms with Crippen LogP contribution in [0.2, 0.25) is 11.6 Å². The fourth-order valence-electron chi connectivity index (χ4n) is 2.19. The fourth-order valence-corrected chi connectivity index (χ4v) is 6.82. The molecule has 1 fully saturated rings. The fraction of sp³-hybridized carbons (Fsp3) is 1.00. The molecule has 1 rings (SSSR count). The van der Waals surface area contributed by atoms with E-state index < -0.39 is 6.69 Å². The summed E-state index contributed by atoms with van der Waals surface area (Å²) in [6, 6.07) is 0.883. The van der Waals surface area contributed by atoms with Gasteiger partial charge >= 0.3 is 0 Å². The molecule has 0 aromatic rings. The van der Waals surface area contributed by atoms with Gasteiger partial charge in [-0.2, -0.15) is 0 Å². The molecule has 1 nitrogen and oxygen atoms in total. The van der Waals surface area contributed by atoms with Crippen molar-refractivity contribution in [2.45, 2.75) is 71.3 Å². The zero-order valence-corrected chi connectivity index (χ0v) is 13.7. The quantitative estimate of drug-likeness (QED) is 0.517. The van der Waals surface area contributed by atoms with Gasteiger partial charge in [0, 0.05) is 5.54 Å². The molecule has 1 heterocycles. The van der Waals surface area contributed by atoms with Crippen LogP contribution in [0, 0.1) is 5.41 Å². The number of halogens is 2. The van der Waals surface area contributed by atoms with E-state index in [2.05, 4.69) is 41.5 Å². The standard InChI is InChI=1S/C12H24Cl2OSi/c1-11(2,3)7-10-9(8-16(10,13)14)15-12(4,5)6/h9-10H,7-8H2,1-6H3. The number of hydrogen-bond acceptors (Lipinski definition) is 1. The van der Waals surface area contributed by atoms with Crippen LogP contribution in [0.15, 0.2) is 0 Å². The largest absolute Gasteiger partial charge is 0.373 e. The maximum Gasteiger partial charge on any atom is 0.259 e. The van der Waals surface area contributed by atoms with Crippen LogP contribution >= 0.6 is 22.2 Å². The SMILES string of the molecule is CC(C)(C)CC1C(OC(C)(C)C)C[Si]1(Cl)Cl. The van der Waals surface area contributed by atoms with E-state index in [1.165, 1.54) is 0 Å². The summed E-state index contributed by atoms with van der Waals surface area (Å²) in [6.45, 7) is 10.9. The molecule has 0 aromatic heterocycles. The first-order valence-corrected chi connectivity index (χ1v) is 10.3. The lowest BCUT2D eigenvalue weighted by Crippen LogP contribution is -2.53. The van der Waals surface area contributed by atoms with Crippen LogP contribution in [0.1, 0.15) is 48.0 Å². The second kappa shape index (κ2) is 4.45. The molecule has 0 bridgehead atoms. The van der Waals surface area contributed by atoms with Crippen molar-refractivity contribution in [2.24, 2.45) is 5.41 Å². The van der Waals surface area contributed by atoms with Crippen LogP contribution in [0.25, 0.3) is 0 Å². The maximum absolute atomic E-state index is 6.42. The van der Waals surface area contributed by atoms with E-state index in [-0.39, 0.29) is 17.1 Å². The minimum atomic E-state index is -2.03. The van der Waals surface area contributed by atoms with E-state index in [4.69, 9.17) is 26.9 Å². The molecule has 2 unspecified atom stereocenters. The third-order valence-corrected chi connectivity index (χ3v) is 8.02. The van der Waals surface area contributed by atoms with E-state index in [1.807, 2.05) is 0 Å². The lowest BCUT2D eigenvalue weighted by Gasteiger charge is -2.49. The van der Waals surface area contributed by atoms with Gasteiger partial charge in [-0.25, -0.2) is 0 Å². The van der Waals surface area contributed by atoms with Crippen molar-refractivity contribution in [3.05, 3.63) is 0 Å². The lowest BCUT2D eigenvalue weighted by atomic mass is 9.88. The Morgan fingerprint density at radius 3 is 1.94 bits per heavy atom. The number of ether oxygens (including phenoxy) is 1. The molecule has 0 radical (unpaired) electrons. The minimum absolute atomic E-state index is 0.0977. The maximum atomic E-state index is 6.42. The number of hydrogen-bond donors (Lipinski definition) is 0. The summed E-state index contributed by atoms with van der Waals surface area (Å²) in [5.74, 6) is 0. The molecule has 0 amide bonds. The summed E-state index contributed by atoms with van der Waals surface area (Å²) < 4.78 is 6.03. The monoisotopic (exact) mass is 282 g/mol. The van der Waals surface area contributed by atoms with Gasteiger partial charge in [0.1, 0.15) is 0 Å².